The molecule has 0 atom stereocenters. The molecule has 1 aromatic carbocycles. The van der Waals surface area contributed by atoms with Gasteiger partial charge in [0.2, 0.25) is 0 Å². The van der Waals surface area contributed by atoms with Crippen molar-refractivity contribution in [1.82, 2.24) is 9.55 Å². The van der Waals surface area contributed by atoms with Gasteiger partial charge in [0.05, 0.1) is 11.0 Å². The first kappa shape index (κ1) is 12.8. The molecule has 18 heavy (non-hydrogen) atoms. The van der Waals surface area contributed by atoms with E-state index in [4.69, 9.17) is 10.5 Å². The smallest absolute Gasteiger partial charge is 0.375 e. The highest BCUT2D eigenvalue weighted by atomic mass is 32.2. The van der Waals surface area contributed by atoms with Crippen molar-refractivity contribution in [2.24, 2.45) is 12.8 Å². The summed E-state index contributed by atoms with van der Waals surface area (Å²) in [6, 6.07) is 6.21. The maximum absolute atomic E-state index is 10.7. The van der Waals surface area contributed by atoms with Crippen molar-refractivity contribution < 1.29 is 9.53 Å². The third-order valence-electron chi connectivity index (χ3n) is 2.48. The van der Waals surface area contributed by atoms with E-state index in [2.05, 4.69) is 11.9 Å². The predicted molar refractivity (Wildman–Crippen MR) is 71.9 cm³/mol. The second-order valence-electron chi connectivity index (χ2n) is 3.87. The predicted octanol–water partition coefficient (Wildman–Crippen LogP) is 2.53. The molecule has 6 heteroatoms. The summed E-state index contributed by atoms with van der Waals surface area (Å²) in [6.07, 6.45) is 0.273. The van der Waals surface area contributed by atoms with Crippen LogP contribution in [-0.4, -0.2) is 21.4 Å². The van der Waals surface area contributed by atoms with Crippen molar-refractivity contribution in [2.45, 2.75) is 18.2 Å². The summed E-state index contributed by atoms with van der Waals surface area (Å²) in [5.41, 5.74) is 6.70. The first-order chi connectivity index (χ1) is 8.61. The number of hydrogen-bond acceptors (Lipinski definition) is 4. The fraction of sp³-hybridized carbons (Fsp3) is 0.333. The van der Waals surface area contributed by atoms with Crippen LogP contribution in [0.25, 0.3) is 11.0 Å². The molecule has 0 unspecified atom stereocenters. The number of imidazole rings is 1. The van der Waals surface area contributed by atoms with Crippen LogP contribution >= 0.6 is 11.8 Å². The molecule has 0 aliphatic carbocycles. The molecule has 0 aliphatic rings. The normalized spacial score (nSPS) is 10.8. The van der Waals surface area contributed by atoms with Crippen molar-refractivity contribution in [3.05, 3.63) is 18.2 Å². The third-order valence-corrected chi connectivity index (χ3v) is 3.68. The van der Waals surface area contributed by atoms with Crippen LogP contribution in [0.3, 0.4) is 0 Å². The molecule has 5 nitrogen and oxygen atoms in total. The zero-order valence-corrected chi connectivity index (χ0v) is 11.2. The Balaban J connectivity index is 2.35. The van der Waals surface area contributed by atoms with Gasteiger partial charge in [-0.05, 0) is 30.4 Å². The highest BCUT2D eigenvalue weighted by molar-refractivity contribution is 7.99. The highest BCUT2D eigenvalue weighted by Gasteiger charge is 2.11. The lowest BCUT2D eigenvalue weighted by molar-refractivity contribution is 0.205. The van der Waals surface area contributed by atoms with Crippen LogP contribution in [-0.2, 0) is 7.05 Å². The molecule has 2 aromatic rings. The van der Waals surface area contributed by atoms with Gasteiger partial charge in [-0.1, -0.05) is 6.92 Å². The average Bonchev–Trinajstić information content (AvgIpc) is 2.63. The van der Waals surface area contributed by atoms with Gasteiger partial charge in [0, 0.05) is 11.9 Å². The number of nitrogens with two attached hydrogens (primary N) is 1. The number of fused-ring (bicyclic) bond motifs is 1. The second kappa shape index (κ2) is 5.30. The van der Waals surface area contributed by atoms with Crippen LogP contribution in [0.15, 0.2) is 23.1 Å². The lowest BCUT2D eigenvalue weighted by Gasteiger charge is -2.01. The van der Waals surface area contributed by atoms with Gasteiger partial charge in [0.15, 0.2) is 0 Å². The fourth-order valence-corrected chi connectivity index (χ4v) is 2.45. The number of rotatable bonds is 4. The Hall–Kier alpha value is -1.69. The molecule has 2 rings (SSSR count). The molecule has 2 N–H and O–H groups in total. The zero-order valence-electron chi connectivity index (χ0n) is 10.3. The van der Waals surface area contributed by atoms with E-state index < -0.39 is 6.09 Å². The Morgan fingerprint density at radius 1 is 1.56 bits per heavy atom. The van der Waals surface area contributed by atoms with E-state index in [0.717, 1.165) is 28.1 Å². The summed E-state index contributed by atoms with van der Waals surface area (Å²) in [5, 5.41) is 0. The number of thioether (sulfide) groups is 1. The number of aryl methyl sites for hydroxylation is 1. The standard InChI is InChI=1S/C12H15N3O2S/c1-3-6-18-8-4-5-10-9(7-8)14-12(15(10)2)17-11(13)16/h4-5,7H,3,6H2,1-2H3,(H2,13,16). The lowest BCUT2D eigenvalue weighted by Crippen LogP contribution is -2.18. The van der Waals surface area contributed by atoms with E-state index in [0.29, 0.717) is 0 Å². The van der Waals surface area contributed by atoms with E-state index in [-0.39, 0.29) is 6.01 Å². The van der Waals surface area contributed by atoms with Crippen LogP contribution in [0.4, 0.5) is 4.79 Å². The minimum atomic E-state index is -0.853. The largest absolute Gasteiger partial charge is 0.412 e. The topological polar surface area (TPSA) is 70.1 Å². The van der Waals surface area contributed by atoms with Crippen molar-refractivity contribution in [3.8, 4) is 6.01 Å². The summed E-state index contributed by atoms with van der Waals surface area (Å²) in [6.45, 7) is 2.14. The average molecular weight is 265 g/mol. The Bertz CT molecular complexity index is 580. The number of hydrogen-bond donors (Lipinski definition) is 1. The molecule has 1 aromatic heterocycles. The SMILES string of the molecule is CCCSc1ccc2c(c1)nc(OC(N)=O)n2C. The van der Waals surface area contributed by atoms with Gasteiger partial charge in [-0.15, -0.1) is 11.8 Å². The van der Waals surface area contributed by atoms with Gasteiger partial charge in [0.1, 0.15) is 0 Å². The zero-order chi connectivity index (χ0) is 13.1. The highest BCUT2D eigenvalue weighted by Crippen LogP contribution is 2.26. The molecule has 0 fully saturated rings. The number of ether oxygens (including phenoxy) is 1. The van der Waals surface area contributed by atoms with Crippen LogP contribution in [0.2, 0.25) is 0 Å². The van der Waals surface area contributed by atoms with E-state index in [1.165, 1.54) is 0 Å². The second-order valence-corrected chi connectivity index (χ2v) is 5.04. The fourth-order valence-electron chi connectivity index (χ4n) is 1.65. The van der Waals surface area contributed by atoms with E-state index >= 15 is 0 Å². The third kappa shape index (κ3) is 2.59. The lowest BCUT2D eigenvalue weighted by atomic mass is 10.3. The summed E-state index contributed by atoms with van der Waals surface area (Å²) in [4.78, 5) is 16.2. The summed E-state index contributed by atoms with van der Waals surface area (Å²) in [7, 11) is 1.78. The Morgan fingerprint density at radius 3 is 3.00 bits per heavy atom. The summed E-state index contributed by atoms with van der Waals surface area (Å²) >= 11 is 1.78. The maximum Gasteiger partial charge on any atom is 0.412 e. The van der Waals surface area contributed by atoms with Gasteiger partial charge < -0.3 is 10.5 Å². The minimum absolute atomic E-state index is 0.218. The number of primary amides is 1. The molecule has 0 spiro atoms. The maximum atomic E-state index is 10.7. The molecule has 96 valence electrons. The van der Waals surface area contributed by atoms with Crippen LogP contribution in [0.1, 0.15) is 13.3 Å². The molecular weight excluding hydrogens is 250 g/mol. The molecule has 0 saturated heterocycles. The Labute approximate surface area is 109 Å². The number of nitrogens with zero attached hydrogens (tertiary/aromatic N) is 2. The van der Waals surface area contributed by atoms with Crippen molar-refractivity contribution in [1.29, 1.82) is 0 Å². The summed E-state index contributed by atoms with van der Waals surface area (Å²) < 4.78 is 6.54. The van der Waals surface area contributed by atoms with Gasteiger partial charge in [-0.3, -0.25) is 4.57 Å². The molecule has 0 saturated carbocycles. The van der Waals surface area contributed by atoms with Gasteiger partial charge in [-0.25, -0.2) is 4.79 Å². The van der Waals surface area contributed by atoms with Crippen molar-refractivity contribution >= 4 is 28.9 Å². The Kier molecular flexibility index (Phi) is 3.76. The summed E-state index contributed by atoms with van der Waals surface area (Å²) in [5.74, 6) is 1.07. The van der Waals surface area contributed by atoms with Crippen molar-refractivity contribution in [2.75, 3.05) is 5.75 Å². The van der Waals surface area contributed by atoms with E-state index in [1.54, 1.807) is 23.4 Å². The number of carbonyl (C=O) groups excluding carboxylic acids is 1. The molecule has 1 amide bonds. The minimum Gasteiger partial charge on any atom is -0.375 e. The monoisotopic (exact) mass is 265 g/mol. The quantitative estimate of drug-likeness (QED) is 0.862. The molecular formula is C12H15N3O2S. The Morgan fingerprint density at radius 2 is 2.33 bits per heavy atom. The molecule has 0 radical (unpaired) electrons. The number of amides is 1. The van der Waals surface area contributed by atoms with Crippen LogP contribution in [0.5, 0.6) is 6.01 Å². The number of benzene rings is 1. The first-order valence-electron chi connectivity index (χ1n) is 5.68. The first-order valence-corrected chi connectivity index (χ1v) is 6.67. The van der Waals surface area contributed by atoms with E-state index in [1.807, 2.05) is 18.2 Å². The number of aromatic nitrogens is 2. The number of carbonyl (C=O) groups is 1. The van der Waals surface area contributed by atoms with Gasteiger partial charge in [-0.2, -0.15) is 4.98 Å². The van der Waals surface area contributed by atoms with Crippen LogP contribution in [0, 0.1) is 0 Å². The molecule has 0 aliphatic heterocycles. The van der Waals surface area contributed by atoms with Gasteiger partial charge in [0.25, 0.3) is 0 Å². The van der Waals surface area contributed by atoms with E-state index in [9.17, 15) is 4.79 Å². The van der Waals surface area contributed by atoms with Crippen molar-refractivity contribution in [3.63, 3.8) is 0 Å². The molecule has 1 heterocycles. The molecule has 0 bridgehead atoms. The van der Waals surface area contributed by atoms with Gasteiger partial charge >= 0.3 is 12.1 Å². The van der Waals surface area contributed by atoms with Crippen LogP contribution < -0.4 is 10.5 Å².